The molecule has 2 N–H and O–H groups in total. The van der Waals surface area contributed by atoms with Crippen LogP contribution in [0.3, 0.4) is 0 Å². The molecule has 0 aliphatic heterocycles. The van der Waals surface area contributed by atoms with Gasteiger partial charge in [0.05, 0.1) is 12.1 Å². The van der Waals surface area contributed by atoms with Gasteiger partial charge >= 0.3 is 5.97 Å². The van der Waals surface area contributed by atoms with E-state index in [0.717, 1.165) is 6.07 Å². The predicted molar refractivity (Wildman–Crippen MR) is 67.9 cm³/mol. The van der Waals surface area contributed by atoms with Gasteiger partial charge in [0.1, 0.15) is 17.4 Å². The Kier molecular flexibility index (Phi) is 4.02. The van der Waals surface area contributed by atoms with Crippen LogP contribution in [0.1, 0.15) is 32.2 Å². The highest BCUT2D eigenvalue weighted by molar-refractivity contribution is 5.94. The van der Waals surface area contributed by atoms with E-state index in [0.29, 0.717) is 6.07 Å². The van der Waals surface area contributed by atoms with Gasteiger partial charge in [-0.15, -0.1) is 0 Å². The molecule has 110 valence electrons. The Morgan fingerprint density at radius 1 is 1.24 bits per heavy atom. The molecule has 0 saturated carbocycles. The molecule has 0 aliphatic carbocycles. The Hall–Kier alpha value is -2.70. The first kappa shape index (κ1) is 14.7. The highest BCUT2D eigenvalue weighted by Gasteiger charge is 2.15. The summed E-state index contributed by atoms with van der Waals surface area (Å²) < 4.78 is 31.6. The van der Waals surface area contributed by atoms with Gasteiger partial charge in [-0.25, -0.2) is 13.6 Å². The summed E-state index contributed by atoms with van der Waals surface area (Å²) in [5.74, 6) is -3.73. The van der Waals surface area contributed by atoms with Crippen molar-refractivity contribution in [1.82, 2.24) is 5.32 Å². The minimum atomic E-state index is -1.23. The molecule has 2 rings (SSSR count). The van der Waals surface area contributed by atoms with Crippen LogP contribution in [0.15, 0.2) is 28.7 Å². The zero-order chi connectivity index (χ0) is 15.6. The number of halogens is 2. The molecule has 0 aliphatic rings. The Labute approximate surface area is 118 Å². The third-order valence-corrected chi connectivity index (χ3v) is 2.79. The second kappa shape index (κ2) is 5.74. The number of rotatable bonds is 4. The first-order valence-electron chi connectivity index (χ1n) is 5.94. The summed E-state index contributed by atoms with van der Waals surface area (Å²) in [5.41, 5.74) is -0.147. The lowest BCUT2D eigenvalue weighted by molar-refractivity contribution is 0.0660. The molecule has 0 spiro atoms. The summed E-state index contributed by atoms with van der Waals surface area (Å²) in [7, 11) is 0. The molecule has 1 aromatic heterocycles. The van der Waals surface area contributed by atoms with Gasteiger partial charge in [-0.05, 0) is 30.7 Å². The summed E-state index contributed by atoms with van der Waals surface area (Å²) in [6.07, 6.45) is 0. The lowest BCUT2D eigenvalue weighted by Gasteiger charge is -2.06. The Morgan fingerprint density at radius 3 is 2.57 bits per heavy atom. The average Bonchev–Trinajstić information content (AvgIpc) is 2.89. The molecule has 0 unspecified atom stereocenters. The van der Waals surface area contributed by atoms with Gasteiger partial charge in [-0.1, -0.05) is 0 Å². The number of nitrogens with one attached hydrogen (secondary N) is 1. The van der Waals surface area contributed by atoms with Crippen molar-refractivity contribution in [3.8, 4) is 0 Å². The average molecular weight is 295 g/mol. The molecule has 5 nitrogen and oxygen atoms in total. The van der Waals surface area contributed by atoms with Crippen LogP contribution in [0.25, 0.3) is 0 Å². The zero-order valence-electron chi connectivity index (χ0n) is 10.9. The summed E-state index contributed by atoms with van der Waals surface area (Å²) in [6.45, 7) is 1.30. The van der Waals surface area contributed by atoms with Crippen molar-refractivity contribution in [1.29, 1.82) is 0 Å². The molecule has 1 amide bonds. The van der Waals surface area contributed by atoms with E-state index in [1.54, 1.807) is 0 Å². The van der Waals surface area contributed by atoms with Gasteiger partial charge in [0.2, 0.25) is 5.76 Å². The van der Waals surface area contributed by atoms with E-state index in [1.807, 2.05) is 0 Å². The molecule has 1 aromatic carbocycles. The van der Waals surface area contributed by atoms with E-state index in [4.69, 9.17) is 9.52 Å². The molecule has 7 heteroatoms. The lowest BCUT2D eigenvalue weighted by atomic mass is 10.1. The summed E-state index contributed by atoms with van der Waals surface area (Å²) in [6, 6.07) is 4.37. The van der Waals surface area contributed by atoms with Crippen LogP contribution in [0.4, 0.5) is 8.78 Å². The number of carbonyl (C=O) groups excluding carboxylic acids is 1. The van der Waals surface area contributed by atoms with Crippen molar-refractivity contribution in [2.75, 3.05) is 0 Å². The maximum atomic E-state index is 13.5. The number of carboxylic acids is 1. The molecule has 2 aromatic rings. The minimum Gasteiger partial charge on any atom is -0.475 e. The van der Waals surface area contributed by atoms with Crippen molar-refractivity contribution in [3.05, 3.63) is 58.5 Å². The molecule has 0 fully saturated rings. The molecular formula is C14H11F2NO4. The number of aromatic carboxylic acids is 1. The normalized spacial score (nSPS) is 10.4. The third kappa shape index (κ3) is 3.25. The van der Waals surface area contributed by atoms with Crippen LogP contribution >= 0.6 is 0 Å². The number of amides is 1. The van der Waals surface area contributed by atoms with E-state index in [2.05, 4.69) is 5.32 Å². The van der Waals surface area contributed by atoms with Gasteiger partial charge in [0.15, 0.2) is 0 Å². The SMILES string of the molecule is Cc1cc(C(=O)NCc2ccc(C(=O)O)o2)c(F)cc1F. The zero-order valence-corrected chi connectivity index (χ0v) is 10.9. The predicted octanol–water partition coefficient (Wildman–Crippen LogP) is 2.49. The number of carboxylic acid groups (broad SMARTS) is 1. The van der Waals surface area contributed by atoms with E-state index < -0.39 is 23.5 Å². The van der Waals surface area contributed by atoms with Crippen LogP contribution in [0.5, 0.6) is 0 Å². The van der Waals surface area contributed by atoms with Crippen molar-refractivity contribution in [3.63, 3.8) is 0 Å². The standard InChI is InChI=1S/C14H11F2NO4/c1-7-4-9(11(16)5-10(7)15)13(18)17-6-8-2-3-12(21-8)14(19)20/h2-5H,6H2,1H3,(H,17,18)(H,19,20). The van der Waals surface area contributed by atoms with Crippen molar-refractivity contribution in [2.24, 2.45) is 0 Å². The maximum absolute atomic E-state index is 13.5. The Bertz CT molecular complexity index is 709. The molecular weight excluding hydrogens is 284 g/mol. The lowest BCUT2D eigenvalue weighted by Crippen LogP contribution is -2.24. The number of hydrogen-bond donors (Lipinski definition) is 2. The molecule has 0 radical (unpaired) electrons. The molecule has 0 bridgehead atoms. The highest BCUT2D eigenvalue weighted by Crippen LogP contribution is 2.14. The maximum Gasteiger partial charge on any atom is 0.371 e. The van der Waals surface area contributed by atoms with Crippen LogP contribution in [0, 0.1) is 18.6 Å². The fourth-order valence-electron chi connectivity index (χ4n) is 1.68. The smallest absolute Gasteiger partial charge is 0.371 e. The quantitative estimate of drug-likeness (QED) is 0.908. The number of hydrogen-bond acceptors (Lipinski definition) is 3. The summed E-state index contributed by atoms with van der Waals surface area (Å²) in [5, 5.41) is 11.0. The Morgan fingerprint density at radius 2 is 1.95 bits per heavy atom. The summed E-state index contributed by atoms with van der Waals surface area (Å²) in [4.78, 5) is 22.4. The second-order valence-corrected chi connectivity index (χ2v) is 4.34. The van der Waals surface area contributed by atoms with E-state index in [9.17, 15) is 18.4 Å². The molecule has 1 heterocycles. The minimum absolute atomic E-state index is 0.109. The second-order valence-electron chi connectivity index (χ2n) is 4.34. The van der Waals surface area contributed by atoms with E-state index in [-0.39, 0.29) is 29.2 Å². The van der Waals surface area contributed by atoms with Crippen molar-refractivity contribution >= 4 is 11.9 Å². The highest BCUT2D eigenvalue weighted by atomic mass is 19.1. The van der Waals surface area contributed by atoms with Crippen LogP contribution in [-0.2, 0) is 6.54 Å². The first-order valence-corrected chi connectivity index (χ1v) is 5.94. The molecule has 0 saturated heterocycles. The number of benzene rings is 1. The summed E-state index contributed by atoms with van der Waals surface area (Å²) >= 11 is 0. The van der Waals surface area contributed by atoms with E-state index in [1.165, 1.54) is 19.1 Å². The molecule has 0 atom stereocenters. The monoisotopic (exact) mass is 295 g/mol. The topological polar surface area (TPSA) is 79.5 Å². The van der Waals surface area contributed by atoms with Gasteiger partial charge in [-0.2, -0.15) is 0 Å². The fourth-order valence-corrected chi connectivity index (χ4v) is 1.68. The van der Waals surface area contributed by atoms with Crippen LogP contribution in [0.2, 0.25) is 0 Å². The number of aryl methyl sites for hydroxylation is 1. The largest absolute Gasteiger partial charge is 0.475 e. The van der Waals surface area contributed by atoms with Gasteiger partial charge in [-0.3, -0.25) is 4.79 Å². The van der Waals surface area contributed by atoms with Crippen LogP contribution < -0.4 is 5.32 Å². The molecule has 21 heavy (non-hydrogen) atoms. The van der Waals surface area contributed by atoms with Gasteiger partial charge in [0.25, 0.3) is 5.91 Å². The van der Waals surface area contributed by atoms with Crippen molar-refractivity contribution in [2.45, 2.75) is 13.5 Å². The third-order valence-electron chi connectivity index (χ3n) is 2.79. The number of carbonyl (C=O) groups is 2. The van der Waals surface area contributed by atoms with Gasteiger partial charge in [0, 0.05) is 6.07 Å². The Balaban J connectivity index is 2.08. The first-order chi connectivity index (χ1) is 9.88. The van der Waals surface area contributed by atoms with Crippen molar-refractivity contribution < 1.29 is 27.9 Å². The van der Waals surface area contributed by atoms with Crippen LogP contribution in [-0.4, -0.2) is 17.0 Å². The van der Waals surface area contributed by atoms with Gasteiger partial charge < -0.3 is 14.8 Å². The van der Waals surface area contributed by atoms with E-state index >= 15 is 0 Å². The number of furan rings is 1. The fraction of sp³-hybridized carbons (Fsp3) is 0.143.